The molecule has 0 fully saturated rings. The van der Waals surface area contributed by atoms with Crippen LogP contribution in [0.25, 0.3) is 21.8 Å². The van der Waals surface area contributed by atoms with Crippen LogP contribution >= 0.6 is 12.4 Å². The maximum atomic E-state index is 12.8. The van der Waals surface area contributed by atoms with Crippen LogP contribution in [0.4, 0.5) is 13.2 Å². The lowest BCUT2D eigenvalue weighted by molar-refractivity contribution is -0.144. The predicted octanol–water partition coefficient (Wildman–Crippen LogP) is 5.33. The molecule has 0 aliphatic heterocycles. The molecule has 1 heterocycles. The molecule has 0 aliphatic rings. The largest absolute Gasteiger partial charge is 0.490 e. The molecule has 0 aliphatic carbocycles. The summed E-state index contributed by atoms with van der Waals surface area (Å²) in [6.07, 6.45) is -4.52. The fraction of sp³-hybridized carbons (Fsp3) is 0.190. The van der Waals surface area contributed by atoms with Crippen molar-refractivity contribution < 1.29 is 17.9 Å². The van der Waals surface area contributed by atoms with Crippen molar-refractivity contribution in [1.29, 1.82) is 0 Å². The highest BCUT2D eigenvalue weighted by atomic mass is 35.5. The Balaban J connectivity index is 0.00000240. The summed E-state index contributed by atoms with van der Waals surface area (Å²) in [7, 11) is 0. The van der Waals surface area contributed by atoms with Gasteiger partial charge in [-0.25, -0.2) is 4.98 Å². The summed E-state index contributed by atoms with van der Waals surface area (Å²) < 4.78 is 44.2. The van der Waals surface area contributed by atoms with Gasteiger partial charge >= 0.3 is 6.18 Å². The zero-order valence-corrected chi connectivity index (χ0v) is 16.1. The Bertz CT molecular complexity index is 1110. The average Bonchev–Trinajstić information content (AvgIpc) is 3.13. The van der Waals surface area contributed by atoms with Gasteiger partial charge in [-0.3, -0.25) is 0 Å². The van der Waals surface area contributed by atoms with Gasteiger partial charge in [-0.1, -0.05) is 48.5 Å². The molecule has 1 aromatic heterocycles. The number of H-pyrrole nitrogens is 1. The van der Waals surface area contributed by atoms with Crippen LogP contribution < -0.4 is 10.1 Å². The van der Waals surface area contributed by atoms with E-state index < -0.39 is 12.0 Å². The zero-order valence-electron chi connectivity index (χ0n) is 15.3. The lowest BCUT2D eigenvalue weighted by atomic mass is 10.0. The maximum Gasteiger partial charge on any atom is 0.449 e. The minimum Gasteiger partial charge on any atom is -0.490 e. The summed E-state index contributed by atoms with van der Waals surface area (Å²) in [4.78, 5) is 5.92. The first-order valence-electron chi connectivity index (χ1n) is 8.88. The van der Waals surface area contributed by atoms with E-state index in [0.717, 1.165) is 0 Å². The van der Waals surface area contributed by atoms with Gasteiger partial charge < -0.3 is 15.0 Å². The Labute approximate surface area is 171 Å². The molecule has 152 valence electrons. The van der Waals surface area contributed by atoms with Crippen molar-refractivity contribution in [2.75, 3.05) is 13.2 Å². The topological polar surface area (TPSA) is 49.9 Å². The second-order valence-electron chi connectivity index (χ2n) is 6.40. The van der Waals surface area contributed by atoms with E-state index in [9.17, 15) is 13.2 Å². The number of ether oxygens (including phenoxy) is 1. The first-order chi connectivity index (χ1) is 13.5. The van der Waals surface area contributed by atoms with Gasteiger partial charge in [0.1, 0.15) is 17.9 Å². The number of para-hydroxylation sites is 1. The minimum absolute atomic E-state index is 0. The quantitative estimate of drug-likeness (QED) is 0.414. The SMILES string of the molecule is Cl.FC(F)(F)c1nc2c(OCCNCc3cccc4ccccc34)cccc2[nH]1. The highest BCUT2D eigenvalue weighted by Gasteiger charge is 2.35. The van der Waals surface area contributed by atoms with E-state index >= 15 is 0 Å². The van der Waals surface area contributed by atoms with Gasteiger partial charge in [0.2, 0.25) is 5.82 Å². The molecule has 0 spiro atoms. The summed E-state index contributed by atoms with van der Waals surface area (Å²) >= 11 is 0. The molecule has 0 radical (unpaired) electrons. The van der Waals surface area contributed by atoms with Crippen LogP contribution in [0.3, 0.4) is 0 Å². The molecule has 0 saturated carbocycles. The lowest BCUT2D eigenvalue weighted by Gasteiger charge is -2.10. The van der Waals surface area contributed by atoms with E-state index in [0.29, 0.717) is 31.0 Å². The first-order valence-corrected chi connectivity index (χ1v) is 8.88. The van der Waals surface area contributed by atoms with E-state index in [1.807, 2.05) is 18.2 Å². The van der Waals surface area contributed by atoms with Gasteiger partial charge in [0.25, 0.3) is 0 Å². The second-order valence-corrected chi connectivity index (χ2v) is 6.40. The molecular formula is C21H19ClF3N3O. The maximum absolute atomic E-state index is 12.8. The summed E-state index contributed by atoms with van der Waals surface area (Å²) in [5.41, 5.74) is 1.67. The standard InChI is InChI=1S/C21H18F3N3O.ClH/c22-21(23,24)20-26-17-9-4-10-18(19(17)27-20)28-12-11-25-13-15-7-3-6-14-5-1-2-8-16(14)15;/h1-10,25H,11-13H2,(H,26,27);1H. The van der Waals surface area contributed by atoms with Gasteiger partial charge in [-0.05, 0) is 28.5 Å². The van der Waals surface area contributed by atoms with Crippen LogP contribution in [-0.4, -0.2) is 23.1 Å². The van der Waals surface area contributed by atoms with Crippen LogP contribution in [0.5, 0.6) is 5.75 Å². The Morgan fingerprint density at radius 3 is 2.55 bits per heavy atom. The number of rotatable bonds is 6. The van der Waals surface area contributed by atoms with Crippen LogP contribution in [0, 0.1) is 0 Å². The average molecular weight is 422 g/mol. The van der Waals surface area contributed by atoms with Gasteiger partial charge in [0, 0.05) is 13.1 Å². The fourth-order valence-electron chi connectivity index (χ4n) is 3.16. The number of halogens is 4. The van der Waals surface area contributed by atoms with Crippen LogP contribution in [0.2, 0.25) is 0 Å². The van der Waals surface area contributed by atoms with E-state index in [1.165, 1.54) is 16.3 Å². The minimum atomic E-state index is -4.52. The molecule has 0 unspecified atom stereocenters. The van der Waals surface area contributed by atoms with E-state index in [1.54, 1.807) is 18.2 Å². The van der Waals surface area contributed by atoms with Crippen molar-refractivity contribution in [3.63, 3.8) is 0 Å². The Kier molecular flexibility index (Phi) is 6.30. The number of nitrogens with zero attached hydrogens (tertiary/aromatic N) is 1. The van der Waals surface area contributed by atoms with Gasteiger partial charge in [-0.2, -0.15) is 13.2 Å². The zero-order chi connectivity index (χ0) is 19.6. The van der Waals surface area contributed by atoms with Crippen molar-refractivity contribution in [1.82, 2.24) is 15.3 Å². The second kappa shape index (κ2) is 8.71. The Hall–Kier alpha value is -2.77. The van der Waals surface area contributed by atoms with Crippen LogP contribution in [-0.2, 0) is 12.7 Å². The first kappa shape index (κ1) is 21.0. The number of nitrogens with one attached hydrogen (secondary N) is 2. The van der Waals surface area contributed by atoms with E-state index in [-0.39, 0.29) is 17.9 Å². The Morgan fingerprint density at radius 2 is 1.72 bits per heavy atom. The van der Waals surface area contributed by atoms with Gasteiger partial charge in [0.15, 0.2) is 0 Å². The van der Waals surface area contributed by atoms with Gasteiger partial charge in [0.05, 0.1) is 5.52 Å². The van der Waals surface area contributed by atoms with E-state index in [2.05, 4.69) is 39.6 Å². The smallest absolute Gasteiger partial charge is 0.449 e. The lowest BCUT2D eigenvalue weighted by Crippen LogP contribution is -2.20. The number of aromatic nitrogens is 2. The molecule has 2 N–H and O–H groups in total. The number of fused-ring (bicyclic) bond motifs is 2. The summed E-state index contributed by atoms with van der Waals surface area (Å²) in [6, 6.07) is 19.1. The summed E-state index contributed by atoms with van der Waals surface area (Å²) in [5.74, 6) is -0.691. The van der Waals surface area contributed by atoms with Crippen LogP contribution in [0.1, 0.15) is 11.4 Å². The third-order valence-electron chi connectivity index (χ3n) is 4.48. The number of imidazole rings is 1. The molecule has 4 rings (SSSR count). The Morgan fingerprint density at radius 1 is 0.966 bits per heavy atom. The molecule has 4 aromatic rings. The third kappa shape index (κ3) is 4.63. The monoisotopic (exact) mass is 421 g/mol. The highest BCUT2D eigenvalue weighted by molar-refractivity contribution is 5.86. The summed E-state index contributed by atoms with van der Waals surface area (Å²) in [5, 5.41) is 5.69. The molecule has 4 nitrogen and oxygen atoms in total. The number of alkyl halides is 3. The summed E-state index contributed by atoms with van der Waals surface area (Å²) in [6.45, 7) is 1.55. The number of aromatic amines is 1. The molecule has 3 aromatic carbocycles. The van der Waals surface area contributed by atoms with Crippen molar-refractivity contribution in [2.45, 2.75) is 12.7 Å². The molecule has 0 bridgehead atoms. The van der Waals surface area contributed by atoms with Crippen molar-refractivity contribution >= 4 is 34.2 Å². The number of benzene rings is 3. The molecular weight excluding hydrogens is 403 g/mol. The third-order valence-corrected chi connectivity index (χ3v) is 4.48. The van der Waals surface area contributed by atoms with Crippen molar-refractivity contribution in [3.05, 3.63) is 72.1 Å². The van der Waals surface area contributed by atoms with Crippen molar-refractivity contribution in [2.24, 2.45) is 0 Å². The van der Waals surface area contributed by atoms with Crippen molar-refractivity contribution in [3.8, 4) is 5.75 Å². The van der Waals surface area contributed by atoms with Crippen LogP contribution in [0.15, 0.2) is 60.7 Å². The number of hydrogen-bond acceptors (Lipinski definition) is 3. The predicted molar refractivity (Wildman–Crippen MR) is 109 cm³/mol. The molecule has 8 heteroatoms. The molecule has 0 amide bonds. The van der Waals surface area contributed by atoms with Gasteiger partial charge in [-0.15, -0.1) is 12.4 Å². The fourth-order valence-corrected chi connectivity index (χ4v) is 3.16. The number of hydrogen-bond donors (Lipinski definition) is 2. The molecule has 0 atom stereocenters. The normalized spacial score (nSPS) is 11.6. The molecule has 29 heavy (non-hydrogen) atoms. The highest BCUT2D eigenvalue weighted by Crippen LogP contribution is 2.31. The molecule has 0 saturated heterocycles. The van der Waals surface area contributed by atoms with E-state index in [4.69, 9.17) is 4.74 Å².